The SMILES string of the molecule is Cn1c(=O)n(CCCO)c(=O)c2c1nc(Cc1ccc(Cl)c(OC(F)(F)F)c1)n2Cc1ccc(Cl)cc1. The van der Waals surface area contributed by atoms with Crippen LogP contribution in [0.3, 0.4) is 0 Å². The third-order valence-electron chi connectivity index (χ3n) is 5.69. The van der Waals surface area contributed by atoms with E-state index in [9.17, 15) is 27.9 Å². The third-order valence-corrected chi connectivity index (χ3v) is 6.25. The molecule has 0 aliphatic heterocycles. The quantitative estimate of drug-likeness (QED) is 0.352. The minimum Gasteiger partial charge on any atom is -0.404 e. The summed E-state index contributed by atoms with van der Waals surface area (Å²) in [5.74, 6) is -0.233. The molecule has 2 aromatic heterocycles. The van der Waals surface area contributed by atoms with Gasteiger partial charge in [0.05, 0.1) is 5.02 Å². The zero-order chi connectivity index (χ0) is 26.9. The highest BCUT2D eigenvalue weighted by atomic mass is 35.5. The molecule has 1 N–H and O–H groups in total. The maximum absolute atomic E-state index is 13.4. The summed E-state index contributed by atoms with van der Waals surface area (Å²) in [5.41, 5.74) is 0.252. The van der Waals surface area contributed by atoms with Crippen LogP contribution in [0.4, 0.5) is 13.2 Å². The van der Waals surface area contributed by atoms with Gasteiger partial charge in [0.15, 0.2) is 11.2 Å². The molecule has 0 unspecified atom stereocenters. The molecule has 0 atom stereocenters. The lowest BCUT2D eigenvalue weighted by Gasteiger charge is -2.13. The molecule has 2 heterocycles. The largest absolute Gasteiger partial charge is 0.573 e. The van der Waals surface area contributed by atoms with Crippen LogP contribution >= 0.6 is 23.2 Å². The summed E-state index contributed by atoms with van der Waals surface area (Å²) in [6.07, 6.45) is -4.72. The van der Waals surface area contributed by atoms with E-state index < -0.39 is 23.4 Å². The van der Waals surface area contributed by atoms with Crippen LogP contribution in [0.2, 0.25) is 10.0 Å². The number of aromatic nitrogens is 4. The summed E-state index contributed by atoms with van der Waals surface area (Å²) in [5, 5.41) is 9.50. The first-order valence-electron chi connectivity index (χ1n) is 11.1. The maximum atomic E-state index is 13.4. The Kier molecular flexibility index (Phi) is 7.67. The number of rotatable bonds is 8. The first kappa shape index (κ1) is 26.8. The zero-order valence-electron chi connectivity index (χ0n) is 19.4. The van der Waals surface area contributed by atoms with Gasteiger partial charge in [-0.05, 0) is 41.8 Å². The number of nitrogens with zero attached hydrogens (tertiary/aromatic N) is 4. The monoisotopic (exact) mass is 556 g/mol. The summed E-state index contributed by atoms with van der Waals surface area (Å²) in [6.45, 7) is -0.0213. The highest BCUT2D eigenvalue weighted by Gasteiger charge is 2.32. The van der Waals surface area contributed by atoms with Crippen LogP contribution in [0.15, 0.2) is 52.1 Å². The Morgan fingerprint density at radius 3 is 2.35 bits per heavy atom. The second kappa shape index (κ2) is 10.6. The van der Waals surface area contributed by atoms with Crippen molar-refractivity contribution in [3.05, 3.63) is 90.3 Å². The summed E-state index contributed by atoms with van der Waals surface area (Å²) in [4.78, 5) is 30.8. The minimum absolute atomic E-state index is 0.00866. The summed E-state index contributed by atoms with van der Waals surface area (Å²) in [6, 6.07) is 10.9. The molecule has 0 saturated heterocycles. The Morgan fingerprint density at radius 1 is 1.03 bits per heavy atom. The van der Waals surface area contributed by atoms with Gasteiger partial charge in [0.2, 0.25) is 0 Å². The van der Waals surface area contributed by atoms with Gasteiger partial charge in [-0.15, -0.1) is 13.2 Å². The fourth-order valence-corrected chi connectivity index (χ4v) is 4.25. The summed E-state index contributed by atoms with van der Waals surface area (Å²) in [7, 11) is 1.47. The molecule has 37 heavy (non-hydrogen) atoms. The lowest BCUT2D eigenvalue weighted by atomic mass is 10.1. The van der Waals surface area contributed by atoms with E-state index in [0.29, 0.717) is 16.4 Å². The molecule has 0 saturated carbocycles. The van der Waals surface area contributed by atoms with Crippen LogP contribution < -0.4 is 16.0 Å². The van der Waals surface area contributed by atoms with Crippen molar-refractivity contribution in [2.45, 2.75) is 32.3 Å². The number of hydrogen-bond donors (Lipinski definition) is 1. The highest BCUT2D eigenvalue weighted by molar-refractivity contribution is 6.32. The van der Waals surface area contributed by atoms with Gasteiger partial charge in [0.1, 0.15) is 11.6 Å². The van der Waals surface area contributed by atoms with E-state index in [1.807, 2.05) is 0 Å². The molecule has 0 radical (unpaired) electrons. The van der Waals surface area contributed by atoms with Crippen molar-refractivity contribution in [1.82, 2.24) is 18.7 Å². The van der Waals surface area contributed by atoms with Crippen LogP contribution in [0.5, 0.6) is 5.75 Å². The predicted octanol–water partition coefficient (Wildman–Crippen LogP) is 4.12. The molecule has 0 bridgehead atoms. The van der Waals surface area contributed by atoms with E-state index in [0.717, 1.165) is 16.2 Å². The number of hydrogen-bond acceptors (Lipinski definition) is 5. The van der Waals surface area contributed by atoms with E-state index in [4.69, 9.17) is 23.2 Å². The van der Waals surface area contributed by atoms with Crippen LogP contribution in [0.25, 0.3) is 11.2 Å². The molecule has 0 aliphatic carbocycles. The van der Waals surface area contributed by atoms with Crippen molar-refractivity contribution in [2.24, 2.45) is 7.05 Å². The zero-order valence-corrected chi connectivity index (χ0v) is 20.9. The number of ether oxygens (including phenoxy) is 1. The number of aliphatic hydroxyl groups is 1. The molecular formula is C24H21Cl2F3N4O4. The van der Waals surface area contributed by atoms with Crippen molar-refractivity contribution >= 4 is 34.4 Å². The lowest BCUT2D eigenvalue weighted by Crippen LogP contribution is -2.40. The standard InChI is InChI=1S/C24H21Cl2F3N4O4/c1-31-21-20(22(35)32(23(31)36)9-2-10-34)33(13-14-3-6-16(25)7-4-14)19(30-21)12-15-5-8-17(26)18(11-15)37-24(27,28)29/h3-8,11,34H,2,9-10,12-13H2,1H3. The van der Waals surface area contributed by atoms with Crippen LogP contribution in [-0.4, -0.2) is 36.8 Å². The molecule has 4 rings (SSSR count). The van der Waals surface area contributed by atoms with Crippen molar-refractivity contribution in [3.8, 4) is 5.75 Å². The normalized spacial score (nSPS) is 11.9. The fourth-order valence-electron chi connectivity index (χ4n) is 3.96. The minimum atomic E-state index is -4.93. The van der Waals surface area contributed by atoms with Crippen LogP contribution in [0, 0.1) is 0 Å². The molecule has 0 spiro atoms. The van der Waals surface area contributed by atoms with Gasteiger partial charge in [0.25, 0.3) is 5.56 Å². The van der Waals surface area contributed by atoms with Gasteiger partial charge in [-0.25, -0.2) is 9.78 Å². The molecule has 2 aromatic carbocycles. The second-order valence-corrected chi connectivity index (χ2v) is 9.12. The smallest absolute Gasteiger partial charge is 0.404 e. The number of fused-ring (bicyclic) bond motifs is 1. The van der Waals surface area contributed by atoms with Gasteiger partial charge >= 0.3 is 12.1 Å². The lowest BCUT2D eigenvalue weighted by molar-refractivity contribution is -0.274. The number of alkyl halides is 3. The molecule has 0 fully saturated rings. The Labute approximate surface area is 218 Å². The van der Waals surface area contributed by atoms with Crippen molar-refractivity contribution in [3.63, 3.8) is 0 Å². The first-order chi connectivity index (χ1) is 17.5. The number of benzene rings is 2. The molecule has 0 amide bonds. The molecule has 13 heteroatoms. The van der Waals surface area contributed by atoms with Crippen molar-refractivity contribution in [2.75, 3.05) is 6.61 Å². The van der Waals surface area contributed by atoms with Gasteiger partial charge in [-0.3, -0.25) is 13.9 Å². The van der Waals surface area contributed by atoms with Gasteiger partial charge < -0.3 is 14.4 Å². The number of imidazole rings is 1. The Bertz CT molecular complexity index is 1560. The summed E-state index contributed by atoms with van der Waals surface area (Å²) < 4.78 is 46.3. The van der Waals surface area contributed by atoms with Gasteiger partial charge in [-0.1, -0.05) is 41.4 Å². The topological polar surface area (TPSA) is 91.3 Å². The second-order valence-electron chi connectivity index (χ2n) is 8.28. The molecule has 4 aromatic rings. The Balaban J connectivity index is 1.88. The van der Waals surface area contributed by atoms with Crippen molar-refractivity contribution in [1.29, 1.82) is 0 Å². The average molecular weight is 557 g/mol. The van der Waals surface area contributed by atoms with Crippen LogP contribution in [-0.2, 0) is 26.6 Å². The maximum Gasteiger partial charge on any atom is 0.573 e. The molecule has 196 valence electrons. The number of halogens is 5. The van der Waals surface area contributed by atoms with E-state index in [1.54, 1.807) is 28.8 Å². The first-order valence-corrected chi connectivity index (χ1v) is 11.8. The average Bonchev–Trinajstić information content (AvgIpc) is 3.18. The van der Waals surface area contributed by atoms with E-state index >= 15 is 0 Å². The molecule has 0 aliphatic rings. The van der Waals surface area contributed by atoms with Crippen molar-refractivity contribution < 1.29 is 23.0 Å². The number of aryl methyl sites for hydroxylation is 1. The molecule has 8 nitrogen and oxygen atoms in total. The van der Waals surface area contributed by atoms with E-state index in [1.165, 1.54) is 23.7 Å². The fraction of sp³-hybridized carbons (Fsp3) is 0.292. The highest BCUT2D eigenvalue weighted by Crippen LogP contribution is 2.31. The third kappa shape index (κ3) is 5.84. The Hall–Kier alpha value is -3.28. The van der Waals surface area contributed by atoms with Gasteiger partial charge in [-0.2, -0.15) is 0 Å². The Morgan fingerprint density at radius 2 is 1.70 bits per heavy atom. The number of aliphatic hydroxyl groups excluding tert-OH is 1. The molecular weight excluding hydrogens is 536 g/mol. The van der Waals surface area contributed by atoms with E-state index in [2.05, 4.69) is 9.72 Å². The van der Waals surface area contributed by atoms with Gasteiger partial charge in [0, 0.05) is 38.2 Å². The van der Waals surface area contributed by atoms with Crippen LogP contribution in [0.1, 0.15) is 23.4 Å². The predicted molar refractivity (Wildman–Crippen MR) is 132 cm³/mol. The summed E-state index contributed by atoms with van der Waals surface area (Å²) >= 11 is 11.9. The van der Waals surface area contributed by atoms with E-state index in [-0.39, 0.29) is 48.7 Å².